The van der Waals surface area contributed by atoms with Crippen molar-refractivity contribution in [2.75, 3.05) is 14.2 Å². The molecule has 3 aromatic rings. The summed E-state index contributed by atoms with van der Waals surface area (Å²) in [4.78, 5) is 11.7. The van der Waals surface area contributed by atoms with Gasteiger partial charge in [0.1, 0.15) is 17.9 Å². The molecule has 0 bridgehead atoms. The van der Waals surface area contributed by atoms with Crippen molar-refractivity contribution in [3.8, 4) is 17.2 Å². The molecule has 0 saturated carbocycles. The van der Waals surface area contributed by atoms with Gasteiger partial charge in [0.05, 0.1) is 14.2 Å². The molecular formula is C24H22O5. The molecule has 0 unspecified atom stereocenters. The maximum Gasteiger partial charge on any atom is 0.339 e. The molecule has 0 spiro atoms. The predicted molar refractivity (Wildman–Crippen MR) is 113 cm³/mol. The van der Waals surface area contributed by atoms with Crippen LogP contribution in [0, 0.1) is 0 Å². The molecule has 3 aromatic carbocycles. The third-order valence-electron chi connectivity index (χ3n) is 4.35. The second kappa shape index (κ2) is 9.46. The summed E-state index contributed by atoms with van der Waals surface area (Å²) in [6.45, 7) is 0.307. The lowest BCUT2D eigenvalue weighted by Gasteiger charge is -2.10. The Morgan fingerprint density at radius 1 is 0.828 bits per heavy atom. The molecule has 0 fully saturated rings. The molecule has 0 aliphatic rings. The fourth-order valence-electron chi connectivity index (χ4n) is 2.83. The van der Waals surface area contributed by atoms with E-state index in [1.165, 1.54) is 0 Å². The van der Waals surface area contributed by atoms with E-state index in [0.717, 1.165) is 16.7 Å². The molecule has 0 aliphatic heterocycles. The molecule has 0 radical (unpaired) electrons. The zero-order chi connectivity index (χ0) is 20.6. The van der Waals surface area contributed by atoms with Crippen LogP contribution in [-0.2, 0) is 6.61 Å². The highest BCUT2D eigenvalue weighted by molar-refractivity contribution is 5.92. The number of carbonyl (C=O) groups is 1. The summed E-state index contributed by atoms with van der Waals surface area (Å²) >= 11 is 0. The van der Waals surface area contributed by atoms with Crippen LogP contribution in [0.3, 0.4) is 0 Å². The molecule has 0 atom stereocenters. The predicted octanol–water partition coefficient (Wildman–Crippen LogP) is 5.15. The van der Waals surface area contributed by atoms with E-state index in [-0.39, 0.29) is 5.56 Å². The van der Waals surface area contributed by atoms with E-state index in [9.17, 15) is 9.90 Å². The van der Waals surface area contributed by atoms with Crippen molar-refractivity contribution in [1.82, 2.24) is 0 Å². The van der Waals surface area contributed by atoms with E-state index < -0.39 is 5.97 Å². The standard InChI is InChI=1S/C24H22O5/c1-27-22-13-11-18(15-23(22)28-2)9-8-17-10-12-21(20(14-17)24(25)26)29-16-19-6-4-3-5-7-19/h3-15H,16H2,1-2H3,(H,25,26)/b9-8+. The third-order valence-corrected chi connectivity index (χ3v) is 4.35. The van der Waals surface area contributed by atoms with Gasteiger partial charge in [0.25, 0.3) is 0 Å². The fraction of sp³-hybridized carbons (Fsp3) is 0.125. The van der Waals surface area contributed by atoms with Gasteiger partial charge in [-0.1, -0.05) is 54.6 Å². The molecule has 5 heteroatoms. The summed E-state index contributed by atoms with van der Waals surface area (Å²) in [5.74, 6) is 0.585. The first-order valence-electron chi connectivity index (χ1n) is 9.05. The Kier molecular flexibility index (Phi) is 6.53. The van der Waals surface area contributed by atoms with Crippen molar-refractivity contribution in [3.05, 3.63) is 89.0 Å². The van der Waals surface area contributed by atoms with E-state index >= 15 is 0 Å². The van der Waals surface area contributed by atoms with Gasteiger partial charge in [0, 0.05) is 0 Å². The van der Waals surface area contributed by atoms with Crippen molar-refractivity contribution in [1.29, 1.82) is 0 Å². The quantitative estimate of drug-likeness (QED) is 0.539. The van der Waals surface area contributed by atoms with E-state index in [1.54, 1.807) is 26.4 Å². The molecule has 5 nitrogen and oxygen atoms in total. The molecule has 0 aliphatic carbocycles. The smallest absolute Gasteiger partial charge is 0.339 e. The number of hydrogen-bond acceptors (Lipinski definition) is 4. The molecule has 0 heterocycles. The number of carboxylic acid groups (broad SMARTS) is 1. The van der Waals surface area contributed by atoms with Crippen LogP contribution in [-0.4, -0.2) is 25.3 Å². The minimum atomic E-state index is -1.03. The fourth-order valence-corrected chi connectivity index (χ4v) is 2.83. The van der Waals surface area contributed by atoms with Crippen LogP contribution >= 0.6 is 0 Å². The summed E-state index contributed by atoms with van der Waals surface area (Å²) < 4.78 is 16.3. The molecule has 148 valence electrons. The van der Waals surface area contributed by atoms with Crippen LogP contribution in [0.4, 0.5) is 0 Å². The van der Waals surface area contributed by atoms with Crippen LogP contribution in [0.15, 0.2) is 66.7 Å². The van der Waals surface area contributed by atoms with Gasteiger partial charge in [0.15, 0.2) is 11.5 Å². The SMILES string of the molecule is COc1ccc(/C=C/c2ccc(OCc3ccccc3)c(C(=O)O)c2)cc1OC. The van der Waals surface area contributed by atoms with Gasteiger partial charge in [-0.05, 0) is 41.0 Å². The summed E-state index contributed by atoms with van der Waals surface area (Å²) in [7, 11) is 3.17. The maximum atomic E-state index is 11.7. The van der Waals surface area contributed by atoms with Gasteiger partial charge in [-0.25, -0.2) is 4.79 Å². The normalized spacial score (nSPS) is 10.7. The highest BCUT2D eigenvalue weighted by atomic mass is 16.5. The first-order valence-corrected chi connectivity index (χ1v) is 9.05. The summed E-state index contributed by atoms with van der Waals surface area (Å²) in [5, 5.41) is 9.56. The Hall–Kier alpha value is -3.73. The monoisotopic (exact) mass is 390 g/mol. The van der Waals surface area contributed by atoms with Crippen molar-refractivity contribution in [3.63, 3.8) is 0 Å². The van der Waals surface area contributed by atoms with Crippen molar-refractivity contribution >= 4 is 18.1 Å². The maximum absolute atomic E-state index is 11.7. The molecule has 0 amide bonds. The third kappa shape index (κ3) is 5.17. The number of methoxy groups -OCH3 is 2. The minimum Gasteiger partial charge on any atom is -0.493 e. The van der Waals surface area contributed by atoms with E-state index in [1.807, 2.05) is 66.7 Å². The number of rotatable bonds is 8. The first kappa shape index (κ1) is 20.0. The molecule has 0 saturated heterocycles. The Morgan fingerprint density at radius 3 is 2.07 bits per heavy atom. The molecule has 1 N–H and O–H groups in total. The Bertz CT molecular complexity index is 1010. The van der Waals surface area contributed by atoms with Crippen LogP contribution in [0.2, 0.25) is 0 Å². The number of carboxylic acids is 1. The van der Waals surface area contributed by atoms with Gasteiger partial charge in [-0.2, -0.15) is 0 Å². The van der Waals surface area contributed by atoms with Gasteiger partial charge >= 0.3 is 5.97 Å². The zero-order valence-corrected chi connectivity index (χ0v) is 16.3. The second-order valence-corrected chi connectivity index (χ2v) is 6.28. The molecule has 0 aromatic heterocycles. The molecular weight excluding hydrogens is 368 g/mol. The van der Waals surface area contributed by atoms with Crippen LogP contribution in [0.5, 0.6) is 17.2 Å². The van der Waals surface area contributed by atoms with Crippen LogP contribution in [0.25, 0.3) is 12.2 Å². The number of hydrogen-bond donors (Lipinski definition) is 1. The Labute approximate surface area is 169 Å². The minimum absolute atomic E-state index is 0.121. The lowest BCUT2D eigenvalue weighted by Crippen LogP contribution is -2.03. The zero-order valence-electron chi connectivity index (χ0n) is 16.3. The van der Waals surface area contributed by atoms with Crippen molar-refractivity contribution in [2.24, 2.45) is 0 Å². The Morgan fingerprint density at radius 2 is 1.45 bits per heavy atom. The molecule has 3 rings (SSSR count). The molecule has 29 heavy (non-hydrogen) atoms. The van der Waals surface area contributed by atoms with Gasteiger partial charge in [0.2, 0.25) is 0 Å². The number of aromatic carboxylic acids is 1. The van der Waals surface area contributed by atoms with Crippen LogP contribution in [0.1, 0.15) is 27.0 Å². The topological polar surface area (TPSA) is 65.0 Å². The summed E-state index contributed by atoms with van der Waals surface area (Å²) in [6.07, 6.45) is 3.72. The highest BCUT2D eigenvalue weighted by Gasteiger charge is 2.12. The number of ether oxygens (including phenoxy) is 3. The van der Waals surface area contributed by atoms with E-state index in [4.69, 9.17) is 14.2 Å². The highest BCUT2D eigenvalue weighted by Crippen LogP contribution is 2.28. The van der Waals surface area contributed by atoms with Crippen molar-refractivity contribution in [2.45, 2.75) is 6.61 Å². The van der Waals surface area contributed by atoms with Gasteiger partial charge in [-0.15, -0.1) is 0 Å². The summed E-state index contributed by atoms with van der Waals surface area (Å²) in [6, 6.07) is 20.3. The lowest BCUT2D eigenvalue weighted by molar-refractivity contribution is 0.0691. The van der Waals surface area contributed by atoms with Crippen molar-refractivity contribution < 1.29 is 24.1 Å². The summed E-state index contributed by atoms with van der Waals surface area (Å²) in [5.41, 5.74) is 2.75. The van der Waals surface area contributed by atoms with E-state index in [0.29, 0.717) is 23.9 Å². The second-order valence-electron chi connectivity index (χ2n) is 6.28. The average molecular weight is 390 g/mol. The first-order chi connectivity index (χ1) is 14.1. The largest absolute Gasteiger partial charge is 0.493 e. The van der Waals surface area contributed by atoms with Gasteiger partial charge < -0.3 is 19.3 Å². The van der Waals surface area contributed by atoms with E-state index in [2.05, 4.69) is 0 Å². The van der Waals surface area contributed by atoms with Gasteiger partial charge in [-0.3, -0.25) is 0 Å². The average Bonchev–Trinajstić information content (AvgIpc) is 2.76. The number of benzene rings is 3. The van der Waals surface area contributed by atoms with Crippen LogP contribution < -0.4 is 14.2 Å². The Balaban J connectivity index is 1.79. The lowest BCUT2D eigenvalue weighted by atomic mass is 10.1.